The van der Waals surface area contributed by atoms with Crippen LogP contribution in [-0.4, -0.2) is 68.3 Å². The van der Waals surface area contributed by atoms with Gasteiger partial charge in [-0.1, -0.05) is 0 Å². The average molecular weight is 293 g/mol. The summed E-state index contributed by atoms with van der Waals surface area (Å²) in [5, 5.41) is 0. The third-order valence-corrected chi connectivity index (χ3v) is 4.20. The topological polar surface area (TPSA) is 37.8 Å². The van der Waals surface area contributed by atoms with E-state index in [2.05, 4.69) is 21.7 Å². The maximum absolute atomic E-state index is 5.49. The number of piperazine rings is 1. The van der Waals surface area contributed by atoms with Crippen molar-refractivity contribution >= 4 is 0 Å². The fourth-order valence-corrected chi connectivity index (χ4v) is 2.83. The number of nitrogens with zero attached hydrogens (tertiary/aromatic N) is 3. The number of aryl methyl sites for hydroxylation is 1. The van der Waals surface area contributed by atoms with E-state index in [1.165, 1.54) is 5.56 Å². The van der Waals surface area contributed by atoms with Crippen LogP contribution in [0.15, 0.2) is 6.20 Å². The quantitative estimate of drug-likeness (QED) is 0.794. The predicted molar refractivity (Wildman–Crippen MR) is 83.9 cm³/mol. The highest BCUT2D eigenvalue weighted by Crippen LogP contribution is 2.24. The molecular formula is C16H27N3O2. The molecule has 0 bridgehead atoms. The molecule has 5 heteroatoms. The Morgan fingerprint density at radius 3 is 2.38 bits per heavy atom. The highest BCUT2D eigenvalue weighted by Gasteiger charge is 2.18. The average Bonchev–Trinajstić information content (AvgIpc) is 2.50. The number of pyridine rings is 1. The monoisotopic (exact) mass is 293 g/mol. The molecule has 0 radical (unpaired) electrons. The Hall–Kier alpha value is -1.17. The molecule has 1 aromatic rings. The van der Waals surface area contributed by atoms with Crippen molar-refractivity contribution < 1.29 is 9.47 Å². The molecule has 0 atom stereocenters. The van der Waals surface area contributed by atoms with E-state index in [1.807, 2.05) is 13.1 Å². The van der Waals surface area contributed by atoms with Gasteiger partial charge in [-0.2, -0.15) is 0 Å². The molecule has 118 valence electrons. The molecule has 0 unspecified atom stereocenters. The summed E-state index contributed by atoms with van der Waals surface area (Å²) in [5.41, 5.74) is 3.39. The SMILES string of the molecule is COCCN1CCN(Cc2ncc(C)c(OC)c2C)CC1. The number of aromatic nitrogens is 1. The summed E-state index contributed by atoms with van der Waals surface area (Å²) in [6, 6.07) is 0. The Morgan fingerprint density at radius 1 is 1.10 bits per heavy atom. The Labute approximate surface area is 127 Å². The van der Waals surface area contributed by atoms with Crippen molar-refractivity contribution in [2.45, 2.75) is 20.4 Å². The minimum atomic E-state index is 0.815. The third-order valence-electron chi connectivity index (χ3n) is 4.20. The van der Waals surface area contributed by atoms with E-state index >= 15 is 0 Å². The zero-order chi connectivity index (χ0) is 15.2. The van der Waals surface area contributed by atoms with Crippen LogP contribution < -0.4 is 4.74 Å². The van der Waals surface area contributed by atoms with Crippen molar-refractivity contribution in [3.05, 3.63) is 23.0 Å². The molecule has 0 N–H and O–H groups in total. The molecule has 0 amide bonds. The van der Waals surface area contributed by atoms with E-state index in [-0.39, 0.29) is 0 Å². The minimum Gasteiger partial charge on any atom is -0.496 e. The third kappa shape index (κ3) is 4.15. The fraction of sp³-hybridized carbons (Fsp3) is 0.688. The van der Waals surface area contributed by atoms with E-state index in [1.54, 1.807) is 14.2 Å². The van der Waals surface area contributed by atoms with Crippen molar-refractivity contribution in [2.24, 2.45) is 0 Å². The van der Waals surface area contributed by atoms with Crippen LogP contribution in [0, 0.1) is 13.8 Å². The zero-order valence-electron chi connectivity index (χ0n) is 13.7. The smallest absolute Gasteiger partial charge is 0.128 e. The lowest BCUT2D eigenvalue weighted by atomic mass is 10.1. The molecule has 1 saturated heterocycles. The second-order valence-corrected chi connectivity index (χ2v) is 5.66. The van der Waals surface area contributed by atoms with Gasteiger partial charge in [0.1, 0.15) is 5.75 Å². The van der Waals surface area contributed by atoms with Gasteiger partial charge in [0.2, 0.25) is 0 Å². The Kier molecular flexibility index (Phi) is 5.96. The van der Waals surface area contributed by atoms with E-state index in [0.29, 0.717) is 0 Å². The molecule has 1 aliphatic rings. The Morgan fingerprint density at radius 2 is 1.76 bits per heavy atom. The van der Waals surface area contributed by atoms with E-state index in [0.717, 1.165) is 62.9 Å². The Bertz CT molecular complexity index is 457. The molecule has 1 fully saturated rings. The molecule has 5 nitrogen and oxygen atoms in total. The molecule has 0 aliphatic carbocycles. The maximum atomic E-state index is 5.49. The summed E-state index contributed by atoms with van der Waals surface area (Å²) in [6.45, 7) is 11.3. The molecule has 1 aliphatic heterocycles. The van der Waals surface area contributed by atoms with Crippen molar-refractivity contribution in [3.8, 4) is 5.75 Å². The lowest BCUT2D eigenvalue weighted by Crippen LogP contribution is -2.46. The number of hydrogen-bond donors (Lipinski definition) is 0. The van der Waals surface area contributed by atoms with Gasteiger partial charge in [0.25, 0.3) is 0 Å². The van der Waals surface area contributed by atoms with Gasteiger partial charge in [-0.15, -0.1) is 0 Å². The standard InChI is InChI=1S/C16H27N3O2/c1-13-11-17-15(14(2)16(13)21-4)12-19-7-5-18(6-8-19)9-10-20-3/h11H,5-10,12H2,1-4H3. The van der Waals surface area contributed by atoms with Gasteiger partial charge >= 0.3 is 0 Å². The van der Waals surface area contributed by atoms with Crippen molar-refractivity contribution in [1.29, 1.82) is 0 Å². The summed E-state index contributed by atoms with van der Waals surface area (Å²) in [4.78, 5) is 9.51. The number of hydrogen-bond acceptors (Lipinski definition) is 5. The number of rotatable bonds is 6. The van der Waals surface area contributed by atoms with Crippen LogP contribution in [0.25, 0.3) is 0 Å². The van der Waals surface area contributed by atoms with Crippen LogP contribution in [-0.2, 0) is 11.3 Å². The number of methoxy groups -OCH3 is 2. The van der Waals surface area contributed by atoms with E-state index < -0.39 is 0 Å². The van der Waals surface area contributed by atoms with Gasteiger partial charge < -0.3 is 9.47 Å². The van der Waals surface area contributed by atoms with Crippen molar-refractivity contribution in [3.63, 3.8) is 0 Å². The van der Waals surface area contributed by atoms with E-state index in [9.17, 15) is 0 Å². The molecule has 2 rings (SSSR count). The van der Waals surface area contributed by atoms with Gasteiger partial charge in [-0.05, 0) is 13.8 Å². The lowest BCUT2D eigenvalue weighted by Gasteiger charge is -2.34. The van der Waals surface area contributed by atoms with E-state index in [4.69, 9.17) is 9.47 Å². The van der Waals surface area contributed by atoms with Gasteiger partial charge in [0.05, 0.1) is 19.4 Å². The second kappa shape index (κ2) is 7.73. The van der Waals surface area contributed by atoms with Gasteiger partial charge in [0, 0.05) is 63.7 Å². The second-order valence-electron chi connectivity index (χ2n) is 5.66. The Balaban J connectivity index is 1.92. The summed E-state index contributed by atoms with van der Waals surface area (Å²) < 4.78 is 10.6. The van der Waals surface area contributed by atoms with Gasteiger partial charge in [-0.3, -0.25) is 14.8 Å². The fourth-order valence-electron chi connectivity index (χ4n) is 2.83. The molecule has 0 saturated carbocycles. The lowest BCUT2D eigenvalue weighted by molar-refractivity contribution is 0.0931. The highest BCUT2D eigenvalue weighted by atomic mass is 16.5. The zero-order valence-corrected chi connectivity index (χ0v) is 13.7. The minimum absolute atomic E-state index is 0.815. The molecule has 0 aromatic carbocycles. The molecule has 21 heavy (non-hydrogen) atoms. The van der Waals surface area contributed by atoms with Crippen LogP contribution in [0.3, 0.4) is 0 Å². The van der Waals surface area contributed by atoms with Gasteiger partial charge in [-0.25, -0.2) is 0 Å². The molecule has 0 spiro atoms. The first-order valence-corrected chi connectivity index (χ1v) is 7.58. The molecule has 2 heterocycles. The largest absolute Gasteiger partial charge is 0.496 e. The first-order chi connectivity index (χ1) is 10.2. The predicted octanol–water partition coefficient (Wildman–Crippen LogP) is 1.47. The maximum Gasteiger partial charge on any atom is 0.128 e. The van der Waals surface area contributed by atoms with Crippen LogP contribution in [0.5, 0.6) is 5.75 Å². The normalized spacial score (nSPS) is 17.1. The highest BCUT2D eigenvalue weighted by molar-refractivity contribution is 5.41. The van der Waals surface area contributed by atoms with Crippen LogP contribution in [0.2, 0.25) is 0 Å². The summed E-state index contributed by atoms with van der Waals surface area (Å²) in [5.74, 6) is 0.971. The summed E-state index contributed by atoms with van der Waals surface area (Å²) >= 11 is 0. The van der Waals surface area contributed by atoms with Crippen molar-refractivity contribution in [1.82, 2.24) is 14.8 Å². The van der Waals surface area contributed by atoms with Crippen LogP contribution >= 0.6 is 0 Å². The van der Waals surface area contributed by atoms with Crippen LogP contribution in [0.1, 0.15) is 16.8 Å². The first kappa shape index (κ1) is 16.2. The molecule has 1 aromatic heterocycles. The number of ether oxygens (including phenoxy) is 2. The first-order valence-electron chi connectivity index (χ1n) is 7.58. The van der Waals surface area contributed by atoms with Gasteiger partial charge in [0.15, 0.2) is 0 Å². The van der Waals surface area contributed by atoms with Crippen LogP contribution in [0.4, 0.5) is 0 Å². The van der Waals surface area contributed by atoms with Crippen molar-refractivity contribution in [2.75, 3.05) is 53.6 Å². The summed E-state index contributed by atoms with van der Waals surface area (Å²) in [6.07, 6.45) is 1.91. The summed E-state index contributed by atoms with van der Waals surface area (Å²) in [7, 11) is 3.49. The molecular weight excluding hydrogens is 266 g/mol.